The number of fused-ring (bicyclic) bond motifs is 3. The minimum Gasteiger partial charge on any atom is -0.382 e. The Morgan fingerprint density at radius 3 is 3.12 bits per heavy atom. The van der Waals surface area contributed by atoms with Crippen LogP contribution in [0, 0.1) is 28.6 Å². The van der Waals surface area contributed by atoms with Gasteiger partial charge in [-0.15, -0.1) is 0 Å². The molecule has 0 saturated heterocycles. The third-order valence-corrected chi connectivity index (χ3v) is 7.95. The maximum Gasteiger partial charge on any atom is 0.268 e. The summed E-state index contributed by atoms with van der Waals surface area (Å²) in [5.74, 6) is 3.30. The van der Waals surface area contributed by atoms with Crippen LogP contribution >= 0.6 is 0 Å². The van der Waals surface area contributed by atoms with Crippen LogP contribution in [0.5, 0.6) is 0 Å². The number of nitrogens with one attached hydrogen (secondary N) is 1. The zero-order valence-corrected chi connectivity index (χ0v) is 14.4. The van der Waals surface area contributed by atoms with E-state index < -0.39 is 0 Å². The summed E-state index contributed by atoms with van der Waals surface area (Å²) in [5, 5.41) is 3.26. The molecule has 3 bridgehead atoms. The molecule has 0 radical (unpaired) electrons. The average molecular weight is 336 g/mol. The number of imidazole rings is 1. The van der Waals surface area contributed by atoms with Gasteiger partial charge in [-0.05, 0) is 79.2 Å². The first kappa shape index (κ1) is 14.2. The minimum absolute atomic E-state index is 0.0106. The lowest BCUT2D eigenvalue weighted by Crippen LogP contribution is -2.43. The van der Waals surface area contributed by atoms with E-state index in [2.05, 4.69) is 10.3 Å². The highest BCUT2D eigenvalue weighted by molar-refractivity contribution is 5.93. The standard InChI is InChI=1S/C20H24N4O/c21-16-9-24-15(2-1-3-17(24)23-16)18(25)22-11-19-6-12-4-13-5-14(8-19)20(13,7-12)10-19/h1-3,9,12-14H,4-8,10-11,21H2,(H,22,25). The number of nitrogens with two attached hydrogens (primary N) is 1. The van der Waals surface area contributed by atoms with E-state index in [1.165, 1.54) is 38.5 Å². The molecule has 25 heavy (non-hydrogen) atoms. The summed E-state index contributed by atoms with van der Waals surface area (Å²) in [6.07, 6.45) is 10.1. The fourth-order valence-corrected chi connectivity index (χ4v) is 7.32. The van der Waals surface area contributed by atoms with Gasteiger partial charge in [-0.3, -0.25) is 9.20 Å². The van der Waals surface area contributed by atoms with Crippen LogP contribution in [0.25, 0.3) is 5.65 Å². The highest BCUT2D eigenvalue weighted by Crippen LogP contribution is 2.78. The Morgan fingerprint density at radius 1 is 1.28 bits per heavy atom. The van der Waals surface area contributed by atoms with Gasteiger partial charge in [-0.1, -0.05) is 6.07 Å². The SMILES string of the molecule is Nc1cn2c(C(=O)NCC34CC5CC6CC(C3)C6(C5)C4)cccc2n1. The number of carbonyl (C=O) groups excluding carboxylic acids is 1. The van der Waals surface area contributed by atoms with E-state index in [9.17, 15) is 4.79 Å². The second-order valence-electron chi connectivity index (χ2n) is 9.24. The van der Waals surface area contributed by atoms with Gasteiger partial charge in [0.25, 0.3) is 5.91 Å². The molecule has 5 atom stereocenters. The molecule has 5 nitrogen and oxygen atoms in total. The van der Waals surface area contributed by atoms with Crippen LogP contribution in [0.3, 0.4) is 0 Å². The van der Waals surface area contributed by atoms with Crippen LogP contribution in [-0.2, 0) is 0 Å². The fraction of sp³-hybridized carbons (Fsp3) is 0.600. The van der Waals surface area contributed by atoms with Gasteiger partial charge in [-0.25, -0.2) is 4.98 Å². The van der Waals surface area contributed by atoms with Crippen molar-refractivity contribution in [2.45, 2.75) is 38.5 Å². The summed E-state index contributed by atoms with van der Waals surface area (Å²) in [5.41, 5.74) is 8.16. The van der Waals surface area contributed by atoms with Crippen LogP contribution in [-0.4, -0.2) is 21.8 Å². The monoisotopic (exact) mass is 336 g/mol. The highest BCUT2D eigenvalue weighted by atomic mass is 16.1. The smallest absolute Gasteiger partial charge is 0.268 e. The predicted molar refractivity (Wildman–Crippen MR) is 95.0 cm³/mol. The van der Waals surface area contributed by atoms with Gasteiger partial charge in [0.05, 0.1) is 6.20 Å². The number of nitrogens with zero attached hydrogens (tertiary/aromatic N) is 2. The van der Waals surface area contributed by atoms with E-state index in [1.54, 1.807) is 10.6 Å². The molecular weight excluding hydrogens is 312 g/mol. The Morgan fingerprint density at radius 2 is 2.20 bits per heavy atom. The van der Waals surface area contributed by atoms with Gasteiger partial charge in [0.2, 0.25) is 0 Å². The first-order valence-corrected chi connectivity index (χ1v) is 9.59. The lowest BCUT2D eigenvalue weighted by Gasteiger charge is -2.49. The molecule has 5 heteroatoms. The number of hydrogen-bond acceptors (Lipinski definition) is 3. The molecule has 2 heterocycles. The Balaban J connectivity index is 1.25. The third kappa shape index (κ3) is 1.74. The molecule has 0 aliphatic heterocycles. The van der Waals surface area contributed by atoms with Crippen molar-refractivity contribution in [3.05, 3.63) is 30.1 Å². The number of carbonyl (C=O) groups is 1. The number of anilines is 1. The average Bonchev–Trinajstić information content (AvgIpc) is 3.12. The van der Waals surface area contributed by atoms with Gasteiger partial charge in [-0.2, -0.15) is 0 Å². The molecular formula is C20H24N4O. The Hall–Kier alpha value is -2.04. The van der Waals surface area contributed by atoms with Crippen LogP contribution in [0.4, 0.5) is 5.82 Å². The van der Waals surface area contributed by atoms with Gasteiger partial charge in [0.15, 0.2) is 0 Å². The maximum atomic E-state index is 12.9. The molecule has 4 saturated carbocycles. The number of nitrogen functional groups attached to an aromatic ring is 1. The molecule has 0 aromatic carbocycles. The van der Waals surface area contributed by atoms with Crippen molar-refractivity contribution < 1.29 is 4.79 Å². The van der Waals surface area contributed by atoms with Crippen molar-refractivity contribution in [1.29, 1.82) is 0 Å². The third-order valence-electron chi connectivity index (χ3n) is 7.95. The predicted octanol–water partition coefficient (Wildman–Crippen LogP) is 2.86. The Bertz CT molecular complexity index is 900. The summed E-state index contributed by atoms with van der Waals surface area (Å²) >= 11 is 0. The van der Waals surface area contributed by atoms with Crippen LogP contribution in [0.1, 0.15) is 49.0 Å². The van der Waals surface area contributed by atoms with E-state index >= 15 is 0 Å². The van der Waals surface area contributed by atoms with E-state index in [1.807, 2.05) is 18.2 Å². The maximum absolute atomic E-state index is 12.9. The van der Waals surface area contributed by atoms with E-state index in [-0.39, 0.29) is 5.91 Å². The zero-order chi connectivity index (χ0) is 16.8. The molecule has 6 rings (SSSR count). The second-order valence-corrected chi connectivity index (χ2v) is 9.24. The topological polar surface area (TPSA) is 72.4 Å². The van der Waals surface area contributed by atoms with Crippen molar-refractivity contribution in [2.24, 2.45) is 28.6 Å². The van der Waals surface area contributed by atoms with Crippen LogP contribution < -0.4 is 11.1 Å². The molecule has 130 valence electrons. The molecule has 3 N–H and O–H groups in total. The van der Waals surface area contributed by atoms with Crippen LogP contribution in [0.15, 0.2) is 24.4 Å². The van der Waals surface area contributed by atoms with E-state index in [4.69, 9.17) is 5.73 Å². The van der Waals surface area contributed by atoms with Crippen molar-refractivity contribution in [3.63, 3.8) is 0 Å². The molecule has 2 aromatic heterocycles. The fourth-order valence-electron chi connectivity index (χ4n) is 7.32. The summed E-state index contributed by atoms with van der Waals surface area (Å²) < 4.78 is 1.79. The molecule has 1 amide bonds. The van der Waals surface area contributed by atoms with Crippen LogP contribution in [0.2, 0.25) is 0 Å². The molecule has 1 spiro atoms. The van der Waals surface area contributed by atoms with Gasteiger partial charge in [0, 0.05) is 6.54 Å². The first-order valence-electron chi connectivity index (χ1n) is 9.59. The number of amides is 1. The molecule has 4 aliphatic carbocycles. The van der Waals surface area contributed by atoms with E-state index in [0.717, 1.165) is 29.9 Å². The molecule has 4 fully saturated rings. The van der Waals surface area contributed by atoms with Gasteiger partial charge < -0.3 is 11.1 Å². The van der Waals surface area contributed by atoms with Crippen molar-refractivity contribution >= 4 is 17.4 Å². The zero-order valence-electron chi connectivity index (χ0n) is 14.4. The first-order chi connectivity index (χ1) is 12.1. The van der Waals surface area contributed by atoms with E-state index in [0.29, 0.717) is 22.3 Å². The number of aromatic nitrogens is 2. The normalized spacial score (nSPS) is 40.2. The van der Waals surface area contributed by atoms with Gasteiger partial charge >= 0.3 is 0 Å². The highest BCUT2D eigenvalue weighted by Gasteiger charge is 2.70. The Labute approximate surface area is 147 Å². The van der Waals surface area contributed by atoms with Crippen molar-refractivity contribution in [3.8, 4) is 0 Å². The second kappa shape index (κ2) is 4.37. The summed E-state index contributed by atoms with van der Waals surface area (Å²) in [6.45, 7) is 0.827. The van der Waals surface area contributed by atoms with Gasteiger partial charge in [0.1, 0.15) is 17.2 Å². The molecule has 5 unspecified atom stereocenters. The lowest BCUT2D eigenvalue weighted by molar-refractivity contribution is -0.00254. The number of rotatable bonds is 3. The summed E-state index contributed by atoms with van der Waals surface area (Å²) in [7, 11) is 0. The number of hydrogen-bond donors (Lipinski definition) is 2. The molecule has 4 aliphatic rings. The number of pyridine rings is 1. The van der Waals surface area contributed by atoms with Crippen molar-refractivity contribution in [1.82, 2.24) is 14.7 Å². The minimum atomic E-state index is -0.0106. The lowest BCUT2D eigenvalue weighted by atomic mass is 9.55. The summed E-state index contributed by atoms with van der Waals surface area (Å²) in [4.78, 5) is 17.1. The largest absolute Gasteiger partial charge is 0.382 e. The Kier molecular flexibility index (Phi) is 2.48. The molecule has 2 aromatic rings. The summed E-state index contributed by atoms with van der Waals surface area (Å²) in [6, 6.07) is 5.59. The van der Waals surface area contributed by atoms with Crippen molar-refractivity contribution in [2.75, 3.05) is 12.3 Å². The quantitative estimate of drug-likeness (QED) is 0.905.